The molecule has 0 aromatic heterocycles. The molecule has 1 fully saturated rings. The van der Waals surface area contributed by atoms with Crippen LogP contribution in [-0.4, -0.2) is 23.4 Å². The summed E-state index contributed by atoms with van der Waals surface area (Å²) in [5.41, 5.74) is -0.184. The first kappa shape index (κ1) is 15.2. The van der Waals surface area contributed by atoms with Crippen LogP contribution in [0.25, 0.3) is 0 Å². The number of amides is 1. The molecule has 1 N–H and O–H groups in total. The number of cyclic esters (lactones) is 2. The maximum absolute atomic E-state index is 12.2. The predicted octanol–water partition coefficient (Wildman–Crippen LogP) is 1.75. The molecule has 0 spiro atoms. The van der Waals surface area contributed by atoms with Crippen molar-refractivity contribution in [3.05, 3.63) is 35.9 Å². The monoisotopic (exact) mass is 289 g/mol. The van der Waals surface area contributed by atoms with Gasteiger partial charge >= 0.3 is 11.9 Å². The first-order chi connectivity index (χ1) is 10.1. The lowest BCUT2D eigenvalue weighted by Crippen LogP contribution is -2.58. The smallest absolute Gasteiger partial charge is 0.339 e. The molecule has 1 atom stereocenters. The van der Waals surface area contributed by atoms with E-state index in [1.54, 1.807) is 0 Å². The molecule has 1 saturated heterocycles. The highest BCUT2D eigenvalue weighted by molar-refractivity contribution is 5.97. The molecular formula is C16H19NO4. The fourth-order valence-electron chi connectivity index (χ4n) is 2.59. The summed E-state index contributed by atoms with van der Waals surface area (Å²) in [6, 6.07) is 9.31. The lowest BCUT2D eigenvalue weighted by Gasteiger charge is -2.34. The van der Waals surface area contributed by atoms with E-state index in [-0.39, 0.29) is 18.7 Å². The van der Waals surface area contributed by atoms with Gasteiger partial charge in [-0.3, -0.25) is 9.59 Å². The van der Waals surface area contributed by atoms with Crippen LogP contribution in [0, 0.1) is 0 Å². The van der Waals surface area contributed by atoms with Gasteiger partial charge in [-0.15, -0.1) is 0 Å². The minimum atomic E-state index is -1.06. The maximum Gasteiger partial charge on any atom is 0.339 e. The Kier molecular flexibility index (Phi) is 4.73. The number of esters is 2. The molecule has 112 valence electrons. The highest BCUT2D eigenvalue weighted by Gasteiger charge is 2.45. The van der Waals surface area contributed by atoms with Crippen molar-refractivity contribution in [1.82, 2.24) is 5.32 Å². The van der Waals surface area contributed by atoms with Gasteiger partial charge in [-0.25, -0.2) is 4.79 Å². The zero-order valence-electron chi connectivity index (χ0n) is 12.1. The molecule has 1 heterocycles. The molecule has 1 amide bonds. The Morgan fingerprint density at radius 3 is 2.62 bits per heavy atom. The van der Waals surface area contributed by atoms with Crippen LogP contribution in [0.1, 0.15) is 38.2 Å². The van der Waals surface area contributed by atoms with Crippen molar-refractivity contribution in [2.24, 2.45) is 0 Å². The second-order valence-corrected chi connectivity index (χ2v) is 5.30. The third-order valence-corrected chi connectivity index (χ3v) is 3.62. The molecule has 0 bridgehead atoms. The van der Waals surface area contributed by atoms with E-state index in [9.17, 15) is 14.4 Å². The van der Waals surface area contributed by atoms with Crippen molar-refractivity contribution in [2.45, 2.75) is 44.6 Å². The fourth-order valence-corrected chi connectivity index (χ4v) is 2.59. The van der Waals surface area contributed by atoms with Crippen LogP contribution < -0.4 is 5.32 Å². The third kappa shape index (κ3) is 3.68. The molecule has 1 aromatic rings. The number of hydrogen-bond acceptors (Lipinski definition) is 4. The fraction of sp³-hybridized carbons (Fsp3) is 0.438. The van der Waals surface area contributed by atoms with E-state index >= 15 is 0 Å². The molecule has 0 radical (unpaired) electrons. The summed E-state index contributed by atoms with van der Waals surface area (Å²) < 4.78 is 4.71. The van der Waals surface area contributed by atoms with Crippen LogP contribution in [0.15, 0.2) is 30.3 Å². The number of ether oxygens (including phenoxy) is 1. The average Bonchev–Trinajstić information content (AvgIpc) is 2.44. The van der Waals surface area contributed by atoms with Crippen LogP contribution in [0.4, 0.5) is 0 Å². The van der Waals surface area contributed by atoms with Crippen molar-refractivity contribution in [2.75, 3.05) is 0 Å². The molecule has 1 aliphatic heterocycles. The second-order valence-electron chi connectivity index (χ2n) is 5.30. The Bertz CT molecular complexity index is 540. The Morgan fingerprint density at radius 2 is 2.00 bits per heavy atom. The number of rotatable bonds is 5. The van der Waals surface area contributed by atoms with Crippen molar-refractivity contribution in [1.29, 1.82) is 0 Å². The van der Waals surface area contributed by atoms with Gasteiger partial charge < -0.3 is 10.1 Å². The Morgan fingerprint density at radius 1 is 1.29 bits per heavy atom. The molecule has 21 heavy (non-hydrogen) atoms. The second kappa shape index (κ2) is 6.52. The average molecular weight is 289 g/mol. The van der Waals surface area contributed by atoms with Gasteiger partial charge in [-0.05, 0) is 18.4 Å². The summed E-state index contributed by atoms with van der Waals surface area (Å²) in [7, 11) is 0. The SMILES string of the molecule is CCC[C@]1(NC(=O)Cc2ccccc2)CCC(=O)OC1=O. The van der Waals surface area contributed by atoms with Gasteiger partial charge in [-0.1, -0.05) is 43.7 Å². The van der Waals surface area contributed by atoms with Crippen LogP contribution in [0.2, 0.25) is 0 Å². The van der Waals surface area contributed by atoms with Gasteiger partial charge in [0.1, 0.15) is 5.54 Å². The summed E-state index contributed by atoms with van der Waals surface area (Å²) in [4.78, 5) is 35.4. The van der Waals surface area contributed by atoms with E-state index in [2.05, 4.69) is 5.32 Å². The third-order valence-electron chi connectivity index (χ3n) is 3.62. The summed E-state index contributed by atoms with van der Waals surface area (Å²) in [6.07, 6.45) is 1.85. The van der Waals surface area contributed by atoms with Crippen LogP contribution >= 0.6 is 0 Å². The van der Waals surface area contributed by atoms with E-state index in [1.807, 2.05) is 37.3 Å². The standard InChI is InChI=1S/C16H19NO4/c1-2-9-16(10-8-14(19)21-15(16)20)17-13(18)11-12-6-4-3-5-7-12/h3-7H,2,8-11H2,1H3,(H,17,18)/t16-/m0/s1. The number of benzene rings is 1. The highest BCUT2D eigenvalue weighted by Crippen LogP contribution is 2.26. The Balaban J connectivity index is 2.07. The molecule has 1 aliphatic rings. The topological polar surface area (TPSA) is 72.5 Å². The first-order valence-electron chi connectivity index (χ1n) is 7.16. The van der Waals surface area contributed by atoms with E-state index in [0.29, 0.717) is 12.8 Å². The van der Waals surface area contributed by atoms with Crippen LogP contribution in [-0.2, 0) is 25.5 Å². The van der Waals surface area contributed by atoms with Gasteiger partial charge in [0.05, 0.1) is 6.42 Å². The normalized spacial score (nSPS) is 21.8. The molecular weight excluding hydrogens is 270 g/mol. The zero-order valence-corrected chi connectivity index (χ0v) is 12.1. The van der Waals surface area contributed by atoms with Gasteiger partial charge in [0.15, 0.2) is 0 Å². The number of carbonyl (C=O) groups is 3. The summed E-state index contributed by atoms with van der Waals surface area (Å²) in [6.45, 7) is 1.93. The highest BCUT2D eigenvalue weighted by atomic mass is 16.6. The zero-order chi connectivity index (χ0) is 15.3. The minimum absolute atomic E-state index is 0.150. The first-order valence-corrected chi connectivity index (χ1v) is 7.16. The number of hydrogen-bond donors (Lipinski definition) is 1. The van der Waals surface area contributed by atoms with E-state index < -0.39 is 17.5 Å². The Labute approximate surface area is 123 Å². The summed E-state index contributed by atoms with van der Waals surface area (Å²) in [5.74, 6) is -1.40. The molecule has 0 saturated carbocycles. The van der Waals surface area contributed by atoms with Crippen molar-refractivity contribution in [3.63, 3.8) is 0 Å². The van der Waals surface area contributed by atoms with Crippen molar-refractivity contribution >= 4 is 17.8 Å². The van der Waals surface area contributed by atoms with Gasteiger partial charge in [0.25, 0.3) is 0 Å². The van der Waals surface area contributed by atoms with Gasteiger partial charge in [-0.2, -0.15) is 0 Å². The van der Waals surface area contributed by atoms with Crippen LogP contribution in [0.3, 0.4) is 0 Å². The van der Waals surface area contributed by atoms with Crippen molar-refractivity contribution in [3.8, 4) is 0 Å². The lowest BCUT2D eigenvalue weighted by molar-refractivity contribution is -0.171. The minimum Gasteiger partial charge on any atom is -0.391 e. The molecule has 1 aromatic carbocycles. The largest absolute Gasteiger partial charge is 0.391 e. The van der Waals surface area contributed by atoms with Gasteiger partial charge in [0.2, 0.25) is 5.91 Å². The van der Waals surface area contributed by atoms with Crippen molar-refractivity contribution < 1.29 is 19.1 Å². The Hall–Kier alpha value is -2.17. The quantitative estimate of drug-likeness (QED) is 0.662. The summed E-state index contributed by atoms with van der Waals surface area (Å²) in [5, 5.41) is 2.79. The molecule has 5 heteroatoms. The number of carbonyl (C=O) groups excluding carboxylic acids is 3. The molecule has 2 rings (SSSR count). The molecule has 0 aliphatic carbocycles. The molecule has 5 nitrogen and oxygen atoms in total. The number of nitrogens with one attached hydrogen (secondary N) is 1. The lowest BCUT2D eigenvalue weighted by atomic mass is 9.86. The van der Waals surface area contributed by atoms with E-state index in [4.69, 9.17) is 4.74 Å². The predicted molar refractivity (Wildman–Crippen MR) is 76.3 cm³/mol. The van der Waals surface area contributed by atoms with E-state index in [0.717, 1.165) is 12.0 Å². The maximum atomic E-state index is 12.2. The van der Waals surface area contributed by atoms with Crippen LogP contribution in [0.5, 0.6) is 0 Å². The van der Waals surface area contributed by atoms with Gasteiger partial charge in [0, 0.05) is 6.42 Å². The summed E-state index contributed by atoms with van der Waals surface area (Å²) >= 11 is 0. The molecule has 0 unspecified atom stereocenters. The van der Waals surface area contributed by atoms with E-state index in [1.165, 1.54) is 0 Å².